The van der Waals surface area contributed by atoms with Crippen LogP contribution in [0, 0.1) is 6.92 Å². The molecule has 2 heterocycles. The Balaban J connectivity index is 1.71. The molecule has 174 valence electrons. The van der Waals surface area contributed by atoms with Gasteiger partial charge in [-0.15, -0.1) is 0 Å². The Hall–Kier alpha value is -4.30. The molecule has 3 aromatic carbocycles. The molecule has 1 atom stereocenters. The summed E-state index contributed by atoms with van der Waals surface area (Å²) in [5.74, 6) is -2.36. The summed E-state index contributed by atoms with van der Waals surface area (Å²) in [5.41, 5.74) is 3.01. The molecule has 5 rings (SSSR count). The lowest BCUT2D eigenvalue weighted by Gasteiger charge is -2.23. The smallest absolute Gasteiger partial charge is 0.337 e. The highest BCUT2D eigenvalue weighted by Gasteiger charge is 2.48. The largest absolute Gasteiger partial charge is 0.507 e. The number of thiazole rings is 1. The Morgan fingerprint density at radius 1 is 1.00 bits per heavy atom. The number of benzene rings is 3. The molecule has 7 nitrogen and oxygen atoms in total. The normalized spacial score (nSPS) is 17.2. The number of aryl methyl sites for hydroxylation is 1. The van der Waals surface area contributed by atoms with Crippen molar-refractivity contribution in [3.63, 3.8) is 0 Å². The van der Waals surface area contributed by atoms with Gasteiger partial charge in [0.25, 0.3) is 5.78 Å². The molecule has 0 spiro atoms. The maximum atomic E-state index is 13.3. The van der Waals surface area contributed by atoms with Gasteiger partial charge in [0.1, 0.15) is 5.76 Å². The molecule has 0 aliphatic carbocycles. The fraction of sp³-hybridized carbons (Fsp3) is 0.111. The molecule has 1 unspecified atom stereocenters. The summed E-state index contributed by atoms with van der Waals surface area (Å²) in [5, 5.41) is 11.5. The molecule has 1 aliphatic heterocycles. The lowest BCUT2D eigenvalue weighted by Crippen LogP contribution is -2.29. The number of anilines is 1. The van der Waals surface area contributed by atoms with Crippen molar-refractivity contribution in [3.05, 3.63) is 101 Å². The molecule has 1 aliphatic rings. The molecule has 4 aromatic rings. The van der Waals surface area contributed by atoms with Crippen LogP contribution in [0.2, 0.25) is 0 Å². The second-order valence-electron chi connectivity index (χ2n) is 8.12. The van der Waals surface area contributed by atoms with E-state index in [2.05, 4.69) is 4.98 Å². The lowest BCUT2D eigenvalue weighted by molar-refractivity contribution is -0.132. The SMILES string of the molecule is COC(=O)c1ccc(C2C(=C(O)c3ccccc3)C(=O)C(=O)N2c2nc3ccc(C)cc3s2)cc1. The number of amides is 1. The Morgan fingerprint density at radius 3 is 2.40 bits per heavy atom. The molecule has 0 radical (unpaired) electrons. The highest BCUT2D eigenvalue weighted by atomic mass is 32.1. The van der Waals surface area contributed by atoms with Gasteiger partial charge in [0, 0.05) is 5.56 Å². The molecular formula is C27H20N2O5S. The first-order valence-corrected chi connectivity index (χ1v) is 11.6. The third-order valence-electron chi connectivity index (χ3n) is 5.88. The summed E-state index contributed by atoms with van der Waals surface area (Å²) >= 11 is 1.30. The molecular weight excluding hydrogens is 464 g/mol. The first-order chi connectivity index (χ1) is 16.9. The standard InChI is InChI=1S/C27H20N2O5S/c1-15-8-13-19-20(14-15)35-27(28-19)29-22(16-9-11-18(12-10-16)26(33)34-2)21(24(31)25(29)32)23(30)17-6-4-3-5-7-17/h3-14,22,30H,1-2H3. The first-order valence-electron chi connectivity index (χ1n) is 10.8. The number of aromatic nitrogens is 1. The van der Waals surface area contributed by atoms with Gasteiger partial charge in [0.05, 0.1) is 34.5 Å². The summed E-state index contributed by atoms with van der Waals surface area (Å²) in [6, 6.07) is 19.9. The maximum absolute atomic E-state index is 13.3. The molecule has 1 fully saturated rings. The van der Waals surface area contributed by atoms with Crippen molar-refractivity contribution < 1.29 is 24.2 Å². The molecule has 1 amide bonds. The second-order valence-corrected chi connectivity index (χ2v) is 9.13. The number of fused-ring (bicyclic) bond motifs is 1. The monoisotopic (exact) mass is 484 g/mol. The molecule has 1 saturated heterocycles. The number of hydrogen-bond donors (Lipinski definition) is 1. The number of Topliss-reactive ketones (excluding diaryl/α,β-unsaturated/α-hetero) is 1. The Morgan fingerprint density at radius 2 is 1.71 bits per heavy atom. The molecule has 0 saturated carbocycles. The van der Waals surface area contributed by atoms with E-state index >= 15 is 0 Å². The number of nitrogens with zero attached hydrogens (tertiary/aromatic N) is 2. The van der Waals surface area contributed by atoms with Crippen molar-refractivity contribution in [2.24, 2.45) is 0 Å². The van der Waals surface area contributed by atoms with E-state index in [-0.39, 0.29) is 11.3 Å². The minimum absolute atomic E-state index is 0.0394. The third kappa shape index (κ3) is 3.87. The van der Waals surface area contributed by atoms with Crippen molar-refractivity contribution in [1.82, 2.24) is 4.98 Å². The highest BCUT2D eigenvalue weighted by Crippen LogP contribution is 2.44. The Kier molecular flexibility index (Phi) is 5.66. The van der Waals surface area contributed by atoms with Crippen LogP contribution in [0.25, 0.3) is 16.0 Å². The highest BCUT2D eigenvalue weighted by molar-refractivity contribution is 7.22. The molecule has 1 aromatic heterocycles. The van der Waals surface area contributed by atoms with E-state index in [0.29, 0.717) is 27.3 Å². The third-order valence-corrected chi connectivity index (χ3v) is 6.90. The predicted molar refractivity (Wildman–Crippen MR) is 133 cm³/mol. The van der Waals surface area contributed by atoms with Crippen LogP contribution in [0.4, 0.5) is 5.13 Å². The molecule has 0 bridgehead atoms. The predicted octanol–water partition coefficient (Wildman–Crippen LogP) is 5.02. The van der Waals surface area contributed by atoms with Crippen LogP contribution in [-0.4, -0.2) is 34.9 Å². The van der Waals surface area contributed by atoms with Crippen LogP contribution in [0.5, 0.6) is 0 Å². The van der Waals surface area contributed by atoms with E-state index in [0.717, 1.165) is 10.3 Å². The minimum Gasteiger partial charge on any atom is -0.507 e. The Labute approximate surface area is 204 Å². The number of ether oxygens (including phenoxy) is 1. The van der Waals surface area contributed by atoms with Crippen LogP contribution in [0.1, 0.15) is 33.1 Å². The van der Waals surface area contributed by atoms with Gasteiger partial charge in [-0.3, -0.25) is 14.5 Å². The van der Waals surface area contributed by atoms with E-state index in [1.54, 1.807) is 54.6 Å². The van der Waals surface area contributed by atoms with Gasteiger partial charge in [-0.25, -0.2) is 9.78 Å². The van der Waals surface area contributed by atoms with Crippen molar-refractivity contribution in [2.75, 3.05) is 12.0 Å². The van der Waals surface area contributed by atoms with Crippen LogP contribution in [-0.2, 0) is 14.3 Å². The van der Waals surface area contributed by atoms with Gasteiger partial charge < -0.3 is 9.84 Å². The fourth-order valence-corrected chi connectivity index (χ4v) is 5.23. The summed E-state index contributed by atoms with van der Waals surface area (Å²) in [4.78, 5) is 44.5. The second kappa shape index (κ2) is 8.81. The van der Waals surface area contributed by atoms with Gasteiger partial charge in [-0.2, -0.15) is 0 Å². The summed E-state index contributed by atoms with van der Waals surface area (Å²) in [6.45, 7) is 1.97. The van der Waals surface area contributed by atoms with E-state index in [9.17, 15) is 19.5 Å². The lowest BCUT2D eigenvalue weighted by atomic mass is 9.95. The van der Waals surface area contributed by atoms with Crippen molar-refractivity contribution in [2.45, 2.75) is 13.0 Å². The van der Waals surface area contributed by atoms with Crippen molar-refractivity contribution >= 4 is 50.1 Å². The van der Waals surface area contributed by atoms with Crippen molar-refractivity contribution in [3.8, 4) is 0 Å². The summed E-state index contributed by atoms with van der Waals surface area (Å²) in [6.07, 6.45) is 0. The topological polar surface area (TPSA) is 96.8 Å². The average molecular weight is 485 g/mol. The van der Waals surface area contributed by atoms with E-state index in [1.807, 2.05) is 25.1 Å². The Bertz CT molecular complexity index is 1510. The number of hydrogen-bond acceptors (Lipinski definition) is 7. The number of methoxy groups -OCH3 is 1. The molecule has 35 heavy (non-hydrogen) atoms. The van der Waals surface area contributed by atoms with E-state index in [1.165, 1.54) is 23.3 Å². The number of carbonyl (C=O) groups excluding carboxylic acids is 3. The van der Waals surface area contributed by atoms with Crippen LogP contribution in [0.15, 0.2) is 78.4 Å². The van der Waals surface area contributed by atoms with Gasteiger partial charge in [0.15, 0.2) is 5.13 Å². The summed E-state index contributed by atoms with van der Waals surface area (Å²) in [7, 11) is 1.29. The molecule has 1 N–H and O–H groups in total. The van der Waals surface area contributed by atoms with Crippen LogP contribution >= 0.6 is 11.3 Å². The number of esters is 1. The first kappa shape index (κ1) is 22.5. The summed E-state index contributed by atoms with van der Waals surface area (Å²) < 4.78 is 5.65. The van der Waals surface area contributed by atoms with Crippen LogP contribution < -0.4 is 4.90 Å². The van der Waals surface area contributed by atoms with E-state index in [4.69, 9.17) is 4.74 Å². The fourth-order valence-electron chi connectivity index (χ4n) is 4.14. The van der Waals surface area contributed by atoms with E-state index < -0.39 is 23.7 Å². The van der Waals surface area contributed by atoms with Crippen LogP contribution in [0.3, 0.4) is 0 Å². The van der Waals surface area contributed by atoms with Crippen molar-refractivity contribution in [1.29, 1.82) is 0 Å². The number of rotatable bonds is 4. The van der Waals surface area contributed by atoms with Gasteiger partial charge in [-0.1, -0.05) is 59.9 Å². The zero-order valence-corrected chi connectivity index (χ0v) is 19.7. The molecule has 8 heteroatoms. The van der Waals surface area contributed by atoms with Gasteiger partial charge in [0.2, 0.25) is 0 Å². The zero-order valence-electron chi connectivity index (χ0n) is 18.9. The number of aliphatic hydroxyl groups is 1. The van der Waals surface area contributed by atoms with Gasteiger partial charge >= 0.3 is 11.9 Å². The maximum Gasteiger partial charge on any atom is 0.337 e. The average Bonchev–Trinajstić information content (AvgIpc) is 3.41. The number of ketones is 1. The van der Waals surface area contributed by atoms with Gasteiger partial charge in [-0.05, 0) is 42.3 Å². The number of aliphatic hydroxyl groups excluding tert-OH is 1. The number of carbonyl (C=O) groups is 3. The minimum atomic E-state index is -0.927. The zero-order chi connectivity index (χ0) is 24.7. The quantitative estimate of drug-likeness (QED) is 0.189.